The molecule has 0 atom stereocenters. The van der Waals surface area contributed by atoms with Gasteiger partial charge in [0.1, 0.15) is 5.52 Å². The first kappa shape index (κ1) is 11.0. The van der Waals surface area contributed by atoms with E-state index in [1.807, 2.05) is 0 Å². The van der Waals surface area contributed by atoms with Gasteiger partial charge in [-0.05, 0) is 6.07 Å². The number of fused-ring (bicyclic) bond motifs is 1. The average molecular weight is 202 g/mol. The van der Waals surface area contributed by atoms with Crippen molar-refractivity contribution < 1.29 is 34.5 Å². The molecule has 1 heterocycles. The maximum Gasteiger partial charge on any atom is 1.00 e. The Morgan fingerprint density at radius 2 is 2.00 bits per heavy atom. The van der Waals surface area contributed by atoms with Crippen LogP contribution in [0.25, 0.3) is 11.0 Å². The number of nitrogens with zero attached hydrogens (tertiary/aromatic N) is 1. The molecule has 2 rings (SSSR count). The van der Waals surface area contributed by atoms with Crippen LogP contribution in [0.4, 0.5) is 5.69 Å². The number of H-pyrrole nitrogens is 2. The van der Waals surface area contributed by atoms with Crippen molar-refractivity contribution in [2.75, 3.05) is 0 Å². The van der Waals surface area contributed by atoms with Crippen molar-refractivity contribution in [2.24, 2.45) is 0 Å². The number of nitrogens with one attached hydrogen (secondary N) is 2. The third kappa shape index (κ3) is 1.72. The molecule has 0 fully saturated rings. The van der Waals surface area contributed by atoms with E-state index in [0.29, 0.717) is 5.52 Å². The summed E-state index contributed by atoms with van der Waals surface area (Å²) in [5.41, 5.74) is 0.136. The van der Waals surface area contributed by atoms with Gasteiger partial charge in [-0.2, -0.15) is 0 Å². The van der Waals surface area contributed by atoms with Gasteiger partial charge in [0.15, 0.2) is 0 Å². The summed E-state index contributed by atoms with van der Waals surface area (Å²) in [6.07, 6.45) is 0. The molecular formula is C7H5N3NaO3+. The fourth-order valence-electron chi connectivity index (χ4n) is 1.19. The minimum Gasteiger partial charge on any atom is -0.305 e. The fourth-order valence-corrected chi connectivity index (χ4v) is 1.19. The van der Waals surface area contributed by atoms with Crippen molar-refractivity contribution in [3.05, 3.63) is 38.8 Å². The quantitative estimate of drug-likeness (QED) is 0.311. The van der Waals surface area contributed by atoms with Gasteiger partial charge in [0.05, 0.1) is 10.4 Å². The monoisotopic (exact) mass is 202 g/mol. The number of hydrogen-bond acceptors (Lipinski definition) is 3. The summed E-state index contributed by atoms with van der Waals surface area (Å²) in [5, 5.41) is 10.5. The van der Waals surface area contributed by atoms with Gasteiger partial charge in [0, 0.05) is 6.07 Å². The first-order valence-corrected chi connectivity index (χ1v) is 3.54. The molecule has 2 aromatic rings. The smallest absolute Gasteiger partial charge is 0.305 e. The van der Waals surface area contributed by atoms with Crippen molar-refractivity contribution >= 4 is 16.7 Å². The number of hydrogen-bond donors (Lipinski definition) is 2. The molecule has 0 bridgehead atoms. The molecule has 0 radical (unpaired) electrons. The Bertz CT molecular complexity index is 530. The molecule has 1 aromatic heterocycles. The summed E-state index contributed by atoms with van der Waals surface area (Å²) in [7, 11) is 0. The summed E-state index contributed by atoms with van der Waals surface area (Å²) in [6.45, 7) is 0. The molecule has 0 unspecified atom stereocenters. The number of nitro benzene ring substituents is 1. The van der Waals surface area contributed by atoms with Crippen LogP contribution in [0.2, 0.25) is 0 Å². The van der Waals surface area contributed by atoms with E-state index >= 15 is 0 Å². The number of para-hydroxylation sites is 1. The van der Waals surface area contributed by atoms with Crippen LogP contribution in [0.1, 0.15) is 0 Å². The minimum atomic E-state index is -0.536. The van der Waals surface area contributed by atoms with Crippen molar-refractivity contribution in [1.82, 2.24) is 9.97 Å². The second kappa shape index (κ2) is 3.95. The number of benzene rings is 1. The summed E-state index contributed by atoms with van der Waals surface area (Å²) in [6, 6.07) is 4.45. The van der Waals surface area contributed by atoms with Crippen molar-refractivity contribution in [3.8, 4) is 0 Å². The summed E-state index contributed by atoms with van der Waals surface area (Å²) in [4.78, 5) is 25.6. The zero-order valence-electron chi connectivity index (χ0n) is 7.40. The van der Waals surface area contributed by atoms with Crippen LogP contribution >= 0.6 is 0 Å². The second-order valence-electron chi connectivity index (χ2n) is 2.54. The van der Waals surface area contributed by atoms with Crippen LogP contribution in [-0.4, -0.2) is 14.9 Å². The van der Waals surface area contributed by atoms with Gasteiger partial charge in [0.25, 0.3) is 5.69 Å². The molecule has 14 heavy (non-hydrogen) atoms. The molecule has 0 aliphatic rings. The fraction of sp³-hybridized carbons (Fsp3) is 0. The molecular weight excluding hydrogens is 197 g/mol. The molecule has 0 aliphatic heterocycles. The molecule has 0 amide bonds. The maximum atomic E-state index is 10.8. The number of non-ortho nitro benzene ring substituents is 1. The van der Waals surface area contributed by atoms with E-state index in [4.69, 9.17) is 0 Å². The molecule has 0 spiro atoms. The normalized spacial score (nSPS) is 9.71. The number of nitro groups is 1. The minimum absolute atomic E-state index is 0. The Kier molecular flexibility index (Phi) is 3.10. The largest absolute Gasteiger partial charge is 1.00 e. The van der Waals surface area contributed by atoms with Gasteiger partial charge >= 0.3 is 35.2 Å². The number of aromatic nitrogens is 2. The predicted octanol–water partition coefficient (Wildman–Crippen LogP) is -2.23. The van der Waals surface area contributed by atoms with Gasteiger partial charge in [-0.3, -0.25) is 10.1 Å². The SMILES string of the molecule is O=c1[nH]c2cccc([N+](=O)[O-])c2[nH]1.[Na+]. The Labute approximate surface area is 99.8 Å². The first-order valence-electron chi connectivity index (χ1n) is 3.54. The van der Waals surface area contributed by atoms with E-state index in [2.05, 4.69) is 9.97 Å². The average Bonchev–Trinajstić information content (AvgIpc) is 2.43. The van der Waals surface area contributed by atoms with Crippen LogP contribution in [0.5, 0.6) is 0 Å². The van der Waals surface area contributed by atoms with Gasteiger partial charge in [0.2, 0.25) is 0 Å². The van der Waals surface area contributed by atoms with Crippen LogP contribution in [0, 0.1) is 10.1 Å². The summed E-state index contributed by atoms with van der Waals surface area (Å²) in [5.74, 6) is 0. The van der Waals surface area contributed by atoms with E-state index in [0.717, 1.165) is 0 Å². The van der Waals surface area contributed by atoms with Crippen LogP contribution in [0.3, 0.4) is 0 Å². The molecule has 2 N–H and O–H groups in total. The summed E-state index contributed by atoms with van der Waals surface area (Å²) >= 11 is 0. The number of rotatable bonds is 1. The molecule has 6 nitrogen and oxygen atoms in total. The van der Waals surface area contributed by atoms with Crippen molar-refractivity contribution in [2.45, 2.75) is 0 Å². The van der Waals surface area contributed by atoms with Crippen LogP contribution in [0.15, 0.2) is 23.0 Å². The van der Waals surface area contributed by atoms with Gasteiger partial charge in [-0.25, -0.2) is 4.79 Å². The molecule has 7 heteroatoms. The summed E-state index contributed by atoms with van der Waals surface area (Å²) < 4.78 is 0. The van der Waals surface area contributed by atoms with E-state index in [-0.39, 0.29) is 40.8 Å². The Hall–Kier alpha value is -1.11. The third-order valence-electron chi connectivity index (χ3n) is 1.73. The topological polar surface area (TPSA) is 91.8 Å². The predicted molar refractivity (Wildman–Crippen MR) is 45.6 cm³/mol. The third-order valence-corrected chi connectivity index (χ3v) is 1.73. The number of imidazole rings is 1. The van der Waals surface area contributed by atoms with Crippen molar-refractivity contribution in [3.63, 3.8) is 0 Å². The molecule has 1 aromatic carbocycles. The van der Waals surface area contributed by atoms with Gasteiger partial charge in [-0.15, -0.1) is 0 Å². The molecule has 0 saturated carbocycles. The zero-order chi connectivity index (χ0) is 9.42. The van der Waals surface area contributed by atoms with Crippen LogP contribution < -0.4 is 35.2 Å². The zero-order valence-corrected chi connectivity index (χ0v) is 9.40. The van der Waals surface area contributed by atoms with Gasteiger partial charge < -0.3 is 9.97 Å². The Morgan fingerprint density at radius 1 is 1.29 bits per heavy atom. The van der Waals surface area contributed by atoms with E-state index in [1.165, 1.54) is 12.1 Å². The molecule has 0 saturated heterocycles. The van der Waals surface area contributed by atoms with Crippen LogP contribution in [-0.2, 0) is 0 Å². The Balaban J connectivity index is 0.000000980. The van der Waals surface area contributed by atoms with E-state index in [1.54, 1.807) is 6.07 Å². The maximum absolute atomic E-state index is 10.8. The number of aromatic amines is 2. The first-order chi connectivity index (χ1) is 6.18. The van der Waals surface area contributed by atoms with Gasteiger partial charge in [-0.1, -0.05) is 6.07 Å². The van der Waals surface area contributed by atoms with E-state index < -0.39 is 10.6 Å². The standard InChI is InChI=1S/C7H5N3O3.Na/c11-7-8-4-2-1-3-5(10(12)13)6(4)9-7;/h1-3H,(H2,8,9,11);/q;+1. The Morgan fingerprint density at radius 3 is 2.64 bits per heavy atom. The molecule has 66 valence electrons. The van der Waals surface area contributed by atoms with Crippen molar-refractivity contribution in [1.29, 1.82) is 0 Å². The van der Waals surface area contributed by atoms with E-state index in [9.17, 15) is 14.9 Å². The second-order valence-corrected chi connectivity index (χ2v) is 2.54. The molecule has 0 aliphatic carbocycles.